The molecule has 2 aromatic heterocycles. The molecule has 5 heteroatoms. The predicted octanol–water partition coefficient (Wildman–Crippen LogP) is 1.83. The van der Waals surface area contributed by atoms with E-state index >= 15 is 0 Å². The lowest BCUT2D eigenvalue weighted by molar-refractivity contribution is 0.858. The van der Waals surface area contributed by atoms with Crippen LogP contribution in [0.5, 0.6) is 0 Å². The van der Waals surface area contributed by atoms with Gasteiger partial charge in [0, 0.05) is 17.7 Å². The van der Waals surface area contributed by atoms with Gasteiger partial charge in [0.15, 0.2) is 0 Å². The third-order valence-electron chi connectivity index (χ3n) is 2.98. The van der Waals surface area contributed by atoms with Gasteiger partial charge in [-0.05, 0) is 31.7 Å². The standard InChI is InChI=1S/C14H15N5/c1-9-6-12(19-14(18-9)4-5-15)10-2-3-11-13(7-10)17-8-16-11/h2-3,6-8H,4-5,15H2,1H3,(H,16,17). The number of benzene rings is 1. The molecule has 3 N–H and O–H groups in total. The van der Waals surface area contributed by atoms with Gasteiger partial charge >= 0.3 is 0 Å². The third kappa shape index (κ3) is 2.32. The zero-order chi connectivity index (χ0) is 13.2. The van der Waals surface area contributed by atoms with Crippen LogP contribution in [0, 0.1) is 6.92 Å². The molecule has 3 aromatic rings. The first-order valence-electron chi connectivity index (χ1n) is 6.24. The Labute approximate surface area is 110 Å². The van der Waals surface area contributed by atoms with E-state index in [1.807, 2.05) is 25.1 Å². The van der Waals surface area contributed by atoms with Crippen LogP contribution in [0.2, 0.25) is 0 Å². The first kappa shape index (κ1) is 11.8. The molecule has 0 aliphatic carbocycles. The van der Waals surface area contributed by atoms with Gasteiger partial charge in [0.05, 0.1) is 23.1 Å². The Morgan fingerprint density at radius 3 is 2.95 bits per heavy atom. The summed E-state index contributed by atoms with van der Waals surface area (Å²) in [5.74, 6) is 0.794. The highest BCUT2D eigenvalue weighted by Gasteiger charge is 2.06. The van der Waals surface area contributed by atoms with Gasteiger partial charge in [0.1, 0.15) is 5.82 Å². The maximum absolute atomic E-state index is 5.57. The number of aryl methyl sites for hydroxylation is 1. The van der Waals surface area contributed by atoms with E-state index < -0.39 is 0 Å². The van der Waals surface area contributed by atoms with Crippen LogP contribution in [-0.4, -0.2) is 26.5 Å². The molecule has 0 spiro atoms. The van der Waals surface area contributed by atoms with Crippen molar-refractivity contribution in [1.29, 1.82) is 0 Å². The number of imidazole rings is 1. The van der Waals surface area contributed by atoms with Gasteiger partial charge in [-0.1, -0.05) is 6.07 Å². The molecule has 0 aliphatic rings. The van der Waals surface area contributed by atoms with Gasteiger partial charge in [-0.3, -0.25) is 0 Å². The van der Waals surface area contributed by atoms with E-state index in [2.05, 4.69) is 26.0 Å². The van der Waals surface area contributed by atoms with Gasteiger partial charge in [0.25, 0.3) is 0 Å². The van der Waals surface area contributed by atoms with E-state index in [9.17, 15) is 0 Å². The Morgan fingerprint density at radius 1 is 1.21 bits per heavy atom. The van der Waals surface area contributed by atoms with Crippen LogP contribution >= 0.6 is 0 Å². The van der Waals surface area contributed by atoms with Gasteiger partial charge in [-0.2, -0.15) is 0 Å². The van der Waals surface area contributed by atoms with E-state index in [4.69, 9.17) is 5.73 Å². The van der Waals surface area contributed by atoms with Gasteiger partial charge in [0.2, 0.25) is 0 Å². The quantitative estimate of drug-likeness (QED) is 0.746. The maximum atomic E-state index is 5.57. The van der Waals surface area contributed by atoms with E-state index in [0.717, 1.165) is 33.8 Å². The molecule has 0 unspecified atom stereocenters. The summed E-state index contributed by atoms with van der Waals surface area (Å²) >= 11 is 0. The minimum atomic E-state index is 0.558. The molecule has 5 nitrogen and oxygen atoms in total. The molecule has 0 radical (unpaired) electrons. The van der Waals surface area contributed by atoms with Crippen molar-refractivity contribution in [2.75, 3.05) is 6.54 Å². The number of nitrogens with one attached hydrogen (secondary N) is 1. The van der Waals surface area contributed by atoms with E-state index in [-0.39, 0.29) is 0 Å². The maximum Gasteiger partial charge on any atom is 0.130 e. The Hall–Kier alpha value is -2.27. The van der Waals surface area contributed by atoms with Gasteiger partial charge in [-0.25, -0.2) is 15.0 Å². The molecule has 19 heavy (non-hydrogen) atoms. The summed E-state index contributed by atoms with van der Waals surface area (Å²) in [4.78, 5) is 16.3. The molecule has 0 amide bonds. The number of hydrogen-bond donors (Lipinski definition) is 2. The normalized spacial score (nSPS) is 11.1. The van der Waals surface area contributed by atoms with Gasteiger partial charge in [-0.15, -0.1) is 0 Å². The third-order valence-corrected chi connectivity index (χ3v) is 2.98. The Balaban J connectivity index is 2.09. The molecule has 3 rings (SSSR count). The molecule has 2 heterocycles. The lowest BCUT2D eigenvalue weighted by atomic mass is 10.1. The molecular formula is C14H15N5. The van der Waals surface area contributed by atoms with Crippen LogP contribution in [0.1, 0.15) is 11.5 Å². The van der Waals surface area contributed by atoms with E-state index in [1.165, 1.54) is 0 Å². The molecule has 0 atom stereocenters. The van der Waals surface area contributed by atoms with Crippen molar-refractivity contribution >= 4 is 11.0 Å². The molecule has 1 aromatic carbocycles. The highest BCUT2D eigenvalue weighted by Crippen LogP contribution is 2.21. The second kappa shape index (κ2) is 4.78. The first-order valence-corrected chi connectivity index (χ1v) is 6.24. The van der Waals surface area contributed by atoms with E-state index in [0.29, 0.717) is 13.0 Å². The zero-order valence-electron chi connectivity index (χ0n) is 10.7. The second-order valence-corrected chi connectivity index (χ2v) is 4.48. The number of H-pyrrole nitrogens is 1. The molecule has 96 valence electrons. The number of nitrogens with zero attached hydrogens (tertiary/aromatic N) is 3. The number of rotatable bonds is 3. The largest absolute Gasteiger partial charge is 0.345 e. The smallest absolute Gasteiger partial charge is 0.130 e. The number of nitrogens with two attached hydrogens (primary N) is 1. The van der Waals surface area contributed by atoms with Crippen molar-refractivity contribution in [3.05, 3.63) is 42.1 Å². The van der Waals surface area contributed by atoms with Gasteiger partial charge < -0.3 is 10.7 Å². The van der Waals surface area contributed by atoms with Crippen molar-refractivity contribution < 1.29 is 0 Å². The number of fused-ring (bicyclic) bond motifs is 1. The highest BCUT2D eigenvalue weighted by atomic mass is 14.9. The fourth-order valence-electron chi connectivity index (χ4n) is 2.11. The summed E-state index contributed by atoms with van der Waals surface area (Å²) in [6.45, 7) is 2.53. The van der Waals surface area contributed by atoms with Crippen molar-refractivity contribution in [2.24, 2.45) is 5.73 Å². The van der Waals surface area contributed by atoms with Crippen molar-refractivity contribution in [1.82, 2.24) is 19.9 Å². The average Bonchev–Trinajstić information content (AvgIpc) is 2.85. The SMILES string of the molecule is Cc1cc(-c2ccc3nc[nH]c3c2)nc(CCN)n1. The van der Waals surface area contributed by atoms with Crippen molar-refractivity contribution in [2.45, 2.75) is 13.3 Å². The zero-order valence-corrected chi connectivity index (χ0v) is 10.7. The minimum Gasteiger partial charge on any atom is -0.345 e. The summed E-state index contributed by atoms with van der Waals surface area (Å²) < 4.78 is 0. The molecular weight excluding hydrogens is 238 g/mol. The fraction of sp³-hybridized carbons (Fsp3) is 0.214. The molecule has 0 bridgehead atoms. The summed E-state index contributed by atoms with van der Waals surface area (Å²) in [5.41, 5.74) is 10.5. The van der Waals surface area contributed by atoms with Crippen LogP contribution in [0.15, 0.2) is 30.6 Å². The predicted molar refractivity (Wildman–Crippen MR) is 74.6 cm³/mol. The summed E-state index contributed by atoms with van der Waals surface area (Å²) in [6.07, 6.45) is 2.39. The van der Waals surface area contributed by atoms with Crippen LogP contribution < -0.4 is 5.73 Å². The minimum absolute atomic E-state index is 0.558. The first-order chi connectivity index (χ1) is 9.26. The fourth-order valence-corrected chi connectivity index (χ4v) is 2.11. The topological polar surface area (TPSA) is 80.5 Å². The lowest BCUT2D eigenvalue weighted by Gasteiger charge is -2.05. The molecule has 0 aliphatic heterocycles. The van der Waals surface area contributed by atoms with Crippen LogP contribution in [0.25, 0.3) is 22.3 Å². The molecule has 0 fully saturated rings. The van der Waals surface area contributed by atoms with E-state index in [1.54, 1.807) is 6.33 Å². The van der Waals surface area contributed by atoms with Crippen LogP contribution in [0.3, 0.4) is 0 Å². The summed E-state index contributed by atoms with van der Waals surface area (Å²) in [5, 5.41) is 0. The number of hydrogen-bond acceptors (Lipinski definition) is 4. The Kier molecular flexibility index (Phi) is 2.97. The number of aromatic amines is 1. The summed E-state index contributed by atoms with van der Waals surface area (Å²) in [7, 11) is 0. The number of aromatic nitrogens is 4. The van der Waals surface area contributed by atoms with Crippen molar-refractivity contribution in [3.63, 3.8) is 0 Å². The van der Waals surface area contributed by atoms with Crippen LogP contribution in [0.4, 0.5) is 0 Å². The second-order valence-electron chi connectivity index (χ2n) is 4.48. The van der Waals surface area contributed by atoms with Crippen molar-refractivity contribution in [3.8, 4) is 11.3 Å². The molecule has 0 saturated heterocycles. The lowest BCUT2D eigenvalue weighted by Crippen LogP contribution is -2.07. The van der Waals surface area contributed by atoms with Crippen LogP contribution in [-0.2, 0) is 6.42 Å². The Morgan fingerprint density at radius 2 is 2.11 bits per heavy atom. The highest BCUT2D eigenvalue weighted by molar-refractivity contribution is 5.80. The average molecular weight is 253 g/mol. The molecule has 0 saturated carbocycles. The Bertz CT molecular complexity index is 717. The monoisotopic (exact) mass is 253 g/mol. The summed E-state index contributed by atoms with van der Waals surface area (Å²) in [6, 6.07) is 8.05.